The molecular weight excluding hydrogens is 335 g/mol. The van der Waals surface area contributed by atoms with Crippen LogP contribution in [0.3, 0.4) is 0 Å². The standard InChI is InChI=1S/C14H17Cl3N2O2/c15-10-5-11(16)14(12(17)6-10)18-13(21)7-19-3-1-9(8-20)2-4-19/h5-6,9,20H,1-4,7-8H2,(H,18,21). The second kappa shape index (κ2) is 7.65. The highest BCUT2D eigenvalue weighted by Gasteiger charge is 2.21. The van der Waals surface area contributed by atoms with E-state index in [9.17, 15) is 4.79 Å². The molecule has 0 atom stereocenters. The fourth-order valence-corrected chi connectivity index (χ4v) is 3.28. The third-order valence-electron chi connectivity index (χ3n) is 3.60. The largest absolute Gasteiger partial charge is 0.396 e. The Morgan fingerprint density at radius 2 is 1.81 bits per heavy atom. The summed E-state index contributed by atoms with van der Waals surface area (Å²) < 4.78 is 0. The number of amides is 1. The van der Waals surface area contributed by atoms with Gasteiger partial charge < -0.3 is 10.4 Å². The fourth-order valence-electron chi connectivity index (χ4n) is 2.37. The number of hydrogen-bond donors (Lipinski definition) is 2. The summed E-state index contributed by atoms with van der Waals surface area (Å²) in [6, 6.07) is 3.08. The van der Waals surface area contributed by atoms with Gasteiger partial charge in [0.15, 0.2) is 0 Å². The van der Waals surface area contributed by atoms with E-state index < -0.39 is 0 Å². The van der Waals surface area contributed by atoms with Gasteiger partial charge in [-0.1, -0.05) is 34.8 Å². The molecule has 1 aliphatic rings. The number of hydrogen-bond acceptors (Lipinski definition) is 3. The molecule has 1 aromatic carbocycles. The van der Waals surface area contributed by atoms with Crippen molar-refractivity contribution in [2.45, 2.75) is 12.8 Å². The average molecular weight is 352 g/mol. The molecule has 0 bridgehead atoms. The summed E-state index contributed by atoms with van der Waals surface area (Å²) in [7, 11) is 0. The van der Waals surface area contributed by atoms with Gasteiger partial charge in [-0.15, -0.1) is 0 Å². The molecule has 4 nitrogen and oxygen atoms in total. The van der Waals surface area contributed by atoms with Gasteiger partial charge in [-0.3, -0.25) is 9.69 Å². The Morgan fingerprint density at radius 3 is 2.33 bits per heavy atom. The molecule has 7 heteroatoms. The van der Waals surface area contributed by atoms with Crippen LogP contribution in [0.5, 0.6) is 0 Å². The van der Waals surface area contributed by atoms with E-state index >= 15 is 0 Å². The first kappa shape index (κ1) is 16.8. The molecule has 1 amide bonds. The van der Waals surface area contributed by atoms with Crippen molar-refractivity contribution in [3.63, 3.8) is 0 Å². The number of nitrogens with one attached hydrogen (secondary N) is 1. The number of carbonyl (C=O) groups excluding carboxylic acids is 1. The van der Waals surface area contributed by atoms with Crippen molar-refractivity contribution in [1.29, 1.82) is 0 Å². The second-order valence-electron chi connectivity index (χ2n) is 5.19. The number of anilines is 1. The average Bonchev–Trinajstić information content (AvgIpc) is 2.43. The van der Waals surface area contributed by atoms with Crippen LogP contribution in [0.15, 0.2) is 12.1 Å². The Labute approximate surface area is 139 Å². The lowest BCUT2D eigenvalue weighted by Gasteiger charge is -2.30. The van der Waals surface area contributed by atoms with E-state index in [1.807, 2.05) is 0 Å². The van der Waals surface area contributed by atoms with Crippen LogP contribution in [0.2, 0.25) is 15.1 Å². The van der Waals surface area contributed by atoms with E-state index in [0.717, 1.165) is 25.9 Å². The number of nitrogens with zero attached hydrogens (tertiary/aromatic N) is 1. The first-order valence-corrected chi connectivity index (χ1v) is 7.90. The van der Waals surface area contributed by atoms with Gasteiger partial charge in [0.25, 0.3) is 0 Å². The van der Waals surface area contributed by atoms with Gasteiger partial charge in [0, 0.05) is 11.6 Å². The van der Waals surface area contributed by atoms with Crippen molar-refractivity contribution in [2.24, 2.45) is 5.92 Å². The molecular formula is C14H17Cl3N2O2. The predicted molar refractivity (Wildman–Crippen MR) is 86.4 cm³/mol. The van der Waals surface area contributed by atoms with Crippen LogP contribution in [-0.4, -0.2) is 42.2 Å². The monoisotopic (exact) mass is 350 g/mol. The van der Waals surface area contributed by atoms with Crippen LogP contribution in [0.4, 0.5) is 5.69 Å². The number of benzene rings is 1. The van der Waals surface area contributed by atoms with E-state index in [4.69, 9.17) is 39.9 Å². The van der Waals surface area contributed by atoms with Gasteiger partial charge in [-0.2, -0.15) is 0 Å². The quantitative estimate of drug-likeness (QED) is 0.875. The van der Waals surface area contributed by atoms with Gasteiger partial charge in [0.1, 0.15) is 0 Å². The van der Waals surface area contributed by atoms with Crippen LogP contribution in [-0.2, 0) is 4.79 Å². The van der Waals surface area contributed by atoms with Gasteiger partial charge >= 0.3 is 0 Å². The molecule has 1 saturated heterocycles. The fraction of sp³-hybridized carbons (Fsp3) is 0.500. The molecule has 1 aromatic rings. The minimum atomic E-state index is -0.163. The van der Waals surface area contributed by atoms with Crippen molar-refractivity contribution in [3.8, 4) is 0 Å². The zero-order valence-electron chi connectivity index (χ0n) is 11.4. The molecule has 0 unspecified atom stereocenters. The Balaban J connectivity index is 1.91. The summed E-state index contributed by atoms with van der Waals surface area (Å²) in [5.41, 5.74) is 0.387. The number of piperidine rings is 1. The van der Waals surface area contributed by atoms with E-state index in [1.54, 1.807) is 0 Å². The summed E-state index contributed by atoms with van der Waals surface area (Å²) in [4.78, 5) is 14.1. The van der Waals surface area contributed by atoms with Gasteiger partial charge in [-0.05, 0) is 44.0 Å². The van der Waals surface area contributed by atoms with Crippen LogP contribution in [0.1, 0.15) is 12.8 Å². The first-order chi connectivity index (χ1) is 9.99. The number of rotatable bonds is 4. The maximum absolute atomic E-state index is 12.1. The van der Waals surface area contributed by atoms with Crippen LogP contribution >= 0.6 is 34.8 Å². The van der Waals surface area contributed by atoms with Gasteiger partial charge in [0.2, 0.25) is 5.91 Å². The highest BCUT2D eigenvalue weighted by molar-refractivity contribution is 6.42. The maximum atomic E-state index is 12.1. The van der Waals surface area contributed by atoms with Crippen LogP contribution < -0.4 is 5.32 Å². The topological polar surface area (TPSA) is 52.6 Å². The third-order valence-corrected chi connectivity index (χ3v) is 4.42. The van der Waals surface area contributed by atoms with E-state index in [1.165, 1.54) is 12.1 Å². The van der Waals surface area contributed by atoms with E-state index in [-0.39, 0.29) is 19.1 Å². The molecule has 0 radical (unpaired) electrons. The Kier molecular flexibility index (Phi) is 6.14. The third kappa shape index (κ3) is 4.73. The molecule has 0 aromatic heterocycles. The number of aliphatic hydroxyl groups is 1. The van der Waals surface area contributed by atoms with Crippen molar-refractivity contribution >= 4 is 46.4 Å². The van der Waals surface area contributed by atoms with Crippen molar-refractivity contribution in [2.75, 3.05) is 31.6 Å². The molecule has 116 valence electrons. The predicted octanol–water partition coefficient (Wildman–Crippen LogP) is 3.29. The lowest BCUT2D eigenvalue weighted by molar-refractivity contribution is -0.117. The van der Waals surface area contributed by atoms with Crippen molar-refractivity contribution in [3.05, 3.63) is 27.2 Å². The maximum Gasteiger partial charge on any atom is 0.238 e. The highest BCUT2D eigenvalue weighted by Crippen LogP contribution is 2.33. The number of aliphatic hydroxyl groups excluding tert-OH is 1. The Hall–Kier alpha value is -0.520. The van der Waals surface area contributed by atoms with Crippen molar-refractivity contribution in [1.82, 2.24) is 4.90 Å². The van der Waals surface area contributed by atoms with Gasteiger partial charge in [0.05, 0.1) is 22.3 Å². The van der Waals surface area contributed by atoms with Crippen LogP contribution in [0.25, 0.3) is 0 Å². The zero-order chi connectivity index (χ0) is 15.4. The number of likely N-dealkylation sites (tertiary alicyclic amines) is 1. The molecule has 1 fully saturated rings. The smallest absolute Gasteiger partial charge is 0.238 e. The Bertz CT molecular complexity index is 494. The minimum absolute atomic E-state index is 0.163. The van der Waals surface area contributed by atoms with E-state index in [0.29, 0.717) is 26.7 Å². The Morgan fingerprint density at radius 1 is 1.24 bits per heavy atom. The SMILES string of the molecule is O=C(CN1CCC(CO)CC1)Nc1c(Cl)cc(Cl)cc1Cl. The normalized spacial score (nSPS) is 17.0. The number of carbonyl (C=O) groups is 1. The minimum Gasteiger partial charge on any atom is -0.396 e. The molecule has 0 saturated carbocycles. The molecule has 1 aliphatic heterocycles. The summed E-state index contributed by atoms with van der Waals surface area (Å²) in [6.07, 6.45) is 1.82. The summed E-state index contributed by atoms with van der Waals surface area (Å²) in [5.74, 6) is 0.188. The molecule has 21 heavy (non-hydrogen) atoms. The summed E-state index contributed by atoms with van der Waals surface area (Å²) in [6.45, 7) is 2.12. The lowest BCUT2D eigenvalue weighted by atomic mass is 9.98. The number of halogens is 3. The van der Waals surface area contributed by atoms with Crippen LogP contribution in [0, 0.1) is 5.92 Å². The zero-order valence-corrected chi connectivity index (χ0v) is 13.7. The van der Waals surface area contributed by atoms with E-state index in [2.05, 4.69) is 10.2 Å². The summed E-state index contributed by atoms with van der Waals surface area (Å²) >= 11 is 17.9. The van der Waals surface area contributed by atoms with Gasteiger partial charge in [-0.25, -0.2) is 0 Å². The van der Waals surface area contributed by atoms with Crippen molar-refractivity contribution < 1.29 is 9.90 Å². The molecule has 0 spiro atoms. The highest BCUT2D eigenvalue weighted by atomic mass is 35.5. The molecule has 2 rings (SSSR count). The molecule has 1 heterocycles. The molecule has 0 aliphatic carbocycles. The first-order valence-electron chi connectivity index (χ1n) is 6.77. The second-order valence-corrected chi connectivity index (χ2v) is 6.45. The molecule has 2 N–H and O–H groups in total. The summed E-state index contributed by atoms with van der Waals surface area (Å²) in [5, 5.41) is 12.9. The lowest BCUT2D eigenvalue weighted by Crippen LogP contribution is -2.39.